The number of hydrogen-bond acceptors (Lipinski definition) is 5. The van der Waals surface area contributed by atoms with Crippen molar-refractivity contribution in [3.05, 3.63) is 17.6 Å². The summed E-state index contributed by atoms with van der Waals surface area (Å²) in [6.07, 6.45) is 6.83. The van der Waals surface area contributed by atoms with Crippen LogP contribution in [0.15, 0.2) is 6.07 Å². The molecule has 0 aromatic carbocycles. The van der Waals surface area contributed by atoms with Crippen molar-refractivity contribution in [2.24, 2.45) is 0 Å². The van der Waals surface area contributed by atoms with Crippen molar-refractivity contribution < 1.29 is 9.90 Å². The van der Waals surface area contributed by atoms with E-state index in [0.29, 0.717) is 5.82 Å². The summed E-state index contributed by atoms with van der Waals surface area (Å²) in [5.41, 5.74) is 0.0912. The van der Waals surface area contributed by atoms with Crippen molar-refractivity contribution >= 4 is 11.7 Å². The van der Waals surface area contributed by atoms with Crippen LogP contribution in [-0.4, -0.2) is 45.1 Å². The van der Waals surface area contributed by atoms with Crippen LogP contribution in [-0.2, 0) is 4.79 Å². The SMILES string of the molecule is CNc1cc([C@H]2CCCN2C(=O)CC2(O)CCCCC2)nc(C)n1. The zero-order valence-corrected chi connectivity index (χ0v) is 14.7. The standard InChI is InChI=1S/C18H28N4O2/c1-13-20-14(11-16(19-2)21-13)15-7-6-10-22(15)17(23)12-18(24)8-4-3-5-9-18/h11,15,24H,3-10,12H2,1-2H3,(H,19,20,21)/t15-/m1/s1. The molecule has 6 heteroatoms. The van der Waals surface area contributed by atoms with Gasteiger partial charge in [0.1, 0.15) is 11.6 Å². The lowest BCUT2D eigenvalue weighted by molar-refractivity contribution is -0.138. The van der Waals surface area contributed by atoms with E-state index < -0.39 is 5.60 Å². The highest BCUT2D eigenvalue weighted by molar-refractivity contribution is 5.78. The number of likely N-dealkylation sites (tertiary alicyclic amines) is 1. The van der Waals surface area contributed by atoms with Crippen molar-refractivity contribution in [3.8, 4) is 0 Å². The first kappa shape index (κ1) is 17.1. The van der Waals surface area contributed by atoms with Gasteiger partial charge in [-0.3, -0.25) is 4.79 Å². The smallest absolute Gasteiger partial charge is 0.226 e. The van der Waals surface area contributed by atoms with Gasteiger partial charge in [0, 0.05) is 19.7 Å². The second kappa shape index (κ2) is 7.05. The first-order valence-electron chi connectivity index (χ1n) is 9.06. The fourth-order valence-corrected chi connectivity index (χ4v) is 4.03. The van der Waals surface area contributed by atoms with Crippen molar-refractivity contribution in [2.45, 2.75) is 69.9 Å². The van der Waals surface area contributed by atoms with E-state index in [1.54, 1.807) is 0 Å². The van der Waals surface area contributed by atoms with E-state index in [0.717, 1.165) is 63.0 Å². The molecule has 3 rings (SSSR count). The second-order valence-electron chi connectivity index (χ2n) is 7.18. The van der Waals surface area contributed by atoms with Crippen LogP contribution in [0.2, 0.25) is 0 Å². The number of nitrogens with one attached hydrogen (secondary N) is 1. The van der Waals surface area contributed by atoms with E-state index in [1.165, 1.54) is 0 Å². The van der Waals surface area contributed by atoms with Crippen molar-refractivity contribution in [2.75, 3.05) is 18.9 Å². The Labute approximate surface area is 143 Å². The molecular weight excluding hydrogens is 304 g/mol. The van der Waals surface area contributed by atoms with Gasteiger partial charge < -0.3 is 15.3 Å². The molecule has 1 saturated heterocycles. The maximum absolute atomic E-state index is 12.8. The topological polar surface area (TPSA) is 78.4 Å². The maximum atomic E-state index is 12.8. The van der Waals surface area contributed by atoms with Gasteiger partial charge in [-0.25, -0.2) is 9.97 Å². The summed E-state index contributed by atoms with van der Waals surface area (Å²) in [7, 11) is 1.84. The monoisotopic (exact) mass is 332 g/mol. The Morgan fingerprint density at radius 3 is 2.79 bits per heavy atom. The van der Waals surface area contributed by atoms with E-state index in [2.05, 4.69) is 15.3 Å². The molecule has 6 nitrogen and oxygen atoms in total. The molecule has 132 valence electrons. The number of aryl methyl sites for hydroxylation is 1. The maximum Gasteiger partial charge on any atom is 0.226 e. The van der Waals surface area contributed by atoms with Crippen LogP contribution < -0.4 is 5.32 Å². The van der Waals surface area contributed by atoms with Gasteiger partial charge in [-0.05, 0) is 32.6 Å². The Bertz CT molecular complexity index is 599. The van der Waals surface area contributed by atoms with Gasteiger partial charge in [-0.15, -0.1) is 0 Å². The molecule has 1 amide bonds. The predicted octanol–water partition coefficient (Wildman–Crippen LogP) is 2.58. The zero-order chi connectivity index (χ0) is 17.2. The fraction of sp³-hybridized carbons (Fsp3) is 0.722. The number of carbonyl (C=O) groups excluding carboxylic acids is 1. The van der Waals surface area contributed by atoms with Gasteiger partial charge in [-0.1, -0.05) is 19.3 Å². The molecule has 1 aliphatic heterocycles. The van der Waals surface area contributed by atoms with E-state index in [4.69, 9.17) is 0 Å². The zero-order valence-electron chi connectivity index (χ0n) is 14.7. The average Bonchev–Trinajstić information content (AvgIpc) is 3.04. The summed E-state index contributed by atoms with van der Waals surface area (Å²) in [4.78, 5) is 23.6. The number of rotatable bonds is 4. The third-order valence-corrected chi connectivity index (χ3v) is 5.29. The number of aromatic nitrogens is 2. The molecule has 2 N–H and O–H groups in total. The molecule has 1 aromatic heterocycles. The molecule has 0 radical (unpaired) electrons. The molecule has 2 fully saturated rings. The van der Waals surface area contributed by atoms with Crippen LogP contribution in [0.5, 0.6) is 0 Å². The van der Waals surface area contributed by atoms with E-state index in [1.807, 2.05) is 24.9 Å². The fourth-order valence-electron chi connectivity index (χ4n) is 4.03. The Morgan fingerprint density at radius 1 is 1.33 bits per heavy atom. The predicted molar refractivity (Wildman–Crippen MR) is 92.7 cm³/mol. The molecule has 1 aliphatic carbocycles. The quantitative estimate of drug-likeness (QED) is 0.886. The summed E-state index contributed by atoms with van der Waals surface area (Å²) in [6, 6.07) is 1.93. The van der Waals surface area contributed by atoms with Crippen LogP contribution in [0.3, 0.4) is 0 Å². The van der Waals surface area contributed by atoms with E-state index in [9.17, 15) is 9.90 Å². The van der Waals surface area contributed by atoms with Gasteiger partial charge in [0.2, 0.25) is 5.91 Å². The lowest BCUT2D eigenvalue weighted by Crippen LogP contribution is -2.40. The lowest BCUT2D eigenvalue weighted by Gasteiger charge is -2.34. The number of hydrogen-bond donors (Lipinski definition) is 2. The van der Waals surface area contributed by atoms with Crippen LogP contribution >= 0.6 is 0 Å². The number of nitrogens with zero attached hydrogens (tertiary/aromatic N) is 3. The van der Waals surface area contributed by atoms with Crippen molar-refractivity contribution in [1.82, 2.24) is 14.9 Å². The third-order valence-electron chi connectivity index (χ3n) is 5.29. The molecule has 2 aliphatic rings. The molecular formula is C18H28N4O2. The third kappa shape index (κ3) is 3.69. The Balaban J connectivity index is 1.75. The van der Waals surface area contributed by atoms with Gasteiger partial charge >= 0.3 is 0 Å². The summed E-state index contributed by atoms with van der Waals surface area (Å²) in [5, 5.41) is 13.8. The normalized spacial score (nSPS) is 23.3. The highest BCUT2D eigenvalue weighted by Gasteiger charge is 2.37. The van der Waals surface area contributed by atoms with Crippen molar-refractivity contribution in [1.29, 1.82) is 0 Å². The van der Waals surface area contributed by atoms with Crippen LogP contribution in [0.25, 0.3) is 0 Å². The summed E-state index contributed by atoms with van der Waals surface area (Å²) in [5.74, 6) is 1.55. The highest BCUT2D eigenvalue weighted by Crippen LogP contribution is 2.36. The van der Waals surface area contributed by atoms with Gasteiger partial charge in [-0.2, -0.15) is 0 Å². The molecule has 1 saturated carbocycles. The molecule has 0 bridgehead atoms. The highest BCUT2D eigenvalue weighted by atomic mass is 16.3. The summed E-state index contributed by atoms with van der Waals surface area (Å²) >= 11 is 0. The minimum absolute atomic E-state index is 0.00140. The molecule has 1 atom stereocenters. The Morgan fingerprint density at radius 2 is 2.08 bits per heavy atom. The number of amides is 1. The molecule has 2 heterocycles. The van der Waals surface area contributed by atoms with Gasteiger partial charge in [0.25, 0.3) is 0 Å². The number of aliphatic hydroxyl groups is 1. The van der Waals surface area contributed by atoms with E-state index >= 15 is 0 Å². The van der Waals surface area contributed by atoms with Crippen LogP contribution in [0, 0.1) is 6.92 Å². The van der Waals surface area contributed by atoms with Gasteiger partial charge in [0.05, 0.1) is 23.8 Å². The average molecular weight is 332 g/mol. The second-order valence-corrected chi connectivity index (χ2v) is 7.18. The molecule has 24 heavy (non-hydrogen) atoms. The van der Waals surface area contributed by atoms with E-state index in [-0.39, 0.29) is 18.4 Å². The first-order valence-corrected chi connectivity index (χ1v) is 9.06. The lowest BCUT2D eigenvalue weighted by atomic mass is 9.82. The summed E-state index contributed by atoms with van der Waals surface area (Å²) in [6.45, 7) is 2.62. The van der Waals surface area contributed by atoms with Gasteiger partial charge in [0.15, 0.2) is 0 Å². The van der Waals surface area contributed by atoms with Crippen LogP contribution in [0.1, 0.15) is 68.9 Å². The van der Waals surface area contributed by atoms with Crippen molar-refractivity contribution in [3.63, 3.8) is 0 Å². The summed E-state index contributed by atoms with van der Waals surface area (Å²) < 4.78 is 0. The Hall–Kier alpha value is -1.69. The minimum atomic E-state index is -0.805. The molecule has 0 spiro atoms. The van der Waals surface area contributed by atoms with Crippen LogP contribution in [0.4, 0.5) is 5.82 Å². The minimum Gasteiger partial charge on any atom is -0.389 e. The number of carbonyl (C=O) groups is 1. The Kier molecular flexibility index (Phi) is 5.04. The molecule has 0 unspecified atom stereocenters. The first-order chi connectivity index (χ1) is 11.5. The largest absolute Gasteiger partial charge is 0.389 e. The molecule has 1 aromatic rings. The number of anilines is 1.